The van der Waals surface area contributed by atoms with Crippen LogP contribution >= 0.6 is 11.3 Å². The van der Waals surface area contributed by atoms with Crippen molar-refractivity contribution in [3.8, 4) is 5.75 Å². The fourth-order valence-electron chi connectivity index (χ4n) is 2.30. The first-order chi connectivity index (χ1) is 11.5. The minimum Gasteiger partial charge on any atom is -0.478 e. The number of carbonyl (C=O) groups excluding carboxylic acids is 1. The second-order valence-electron chi connectivity index (χ2n) is 5.54. The molecule has 0 bridgehead atoms. The smallest absolute Gasteiger partial charge is 0.264 e. The van der Waals surface area contributed by atoms with Gasteiger partial charge in [-0.1, -0.05) is 11.3 Å². The third kappa shape index (κ3) is 3.80. The summed E-state index contributed by atoms with van der Waals surface area (Å²) in [7, 11) is 1.80. The molecule has 0 aromatic carbocycles. The van der Waals surface area contributed by atoms with Gasteiger partial charge in [-0.25, -0.2) is 0 Å². The summed E-state index contributed by atoms with van der Waals surface area (Å²) in [4.78, 5) is 23.8. The highest BCUT2D eigenvalue weighted by Gasteiger charge is 2.22. The van der Waals surface area contributed by atoms with Crippen LogP contribution < -0.4 is 15.5 Å². The van der Waals surface area contributed by atoms with E-state index in [1.54, 1.807) is 17.8 Å². The van der Waals surface area contributed by atoms with Crippen molar-refractivity contribution in [1.82, 2.24) is 14.8 Å². The van der Waals surface area contributed by atoms with Crippen molar-refractivity contribution >= 4 is 22.4 Å². The van der Waals surface area contributed by atoms with Gasteiger partial charge < -0.3 is 14.0 Å². The van der Waals surface area contributed by atoms with Crippen molar-refractivity contribution in [2.75, 3.05) is 18.5 Å². The lowest BCUT2D eigenvalue weighted by Crippen LogP contribution is -2.22. The van der Waals surface area contributed by atoms with Crippen LogP contribution in [-0.4, -0.2) is 33.9 Å². The third-order valence-corrected chi connectivity index (χ3v) is 4.63. The van der Waals surface area contributed by atoms with E-state index in [4.69, 9.17) is 9.47 Å². The molecule has 1 aliphatic heterocycles. The summed E-state index contributed by atoms with van der Waals surface area (Å²) in [5, 5.41) is 11.7. The van der Waals surface area contributed by atoms with E-state index < -0.39 is 5.91 Å². The van der Waals surface area contributed by atoms with Crippen LogP contribution in [0.2, 0.25) is 0 Å². The summed E-state index contributed by atoms with van der Waals surface area (Å²) in [6, 6.07) is 1.46. The number of hydrogen-bond acceptors (Lipinski definition) is 7. The van der Waals surface area contributed by atoms with Gasteiger partial charge in [0, 0.05) is 31.6 Å². The number of pyridine rings is 1. The summed E-state index contributed by atoms with van der Waals surface area (Å²) in [5.74, 6) is -0.261. The molecule has 3 rings (SSSR count). The van der Waals surface area contributed by atoms with Gasteiger partial charge in [0.25, 0.3) is 5.91 Å². The number of nitrogens with zero attached hydrogens (tertiary/aromatic N) is 3. The average Bonchev–Trinajstić information content (AvgIpc) is 3.20. The van der Waals surface area contributed by atoms with Gasteiger partial charge in [-0.15, -0.1) is 10.2 Å². The van der Waals surface area contributed by atoms with Crippen LogP contribution in [-0.2, 0) is 16.6 Å². The van der Waals surface area contributed by atoms with Crippen molar-refractivity contribution < 1.29 is 14.3 Å². The zero-order valence-corrected chi connectivity index (χ0v) is 14.3. The molecule has 1 unspecified atom stereocenters. The predicted octanol–water partition coefficient (Wildman–Crippen LogP) is 1.41. The maximum atomic E-state index is 11.9. The lowest BCUT2D eigenvalue weighted by molar-refractivity contribution is -0.118. The molecule has 0 aliphatic carbocycles. The molecule has 24 heavy (non-hydrogen) atoms. The highest BCUT2D eigenvalue weighted by atomic mass is 32.1. The molecule has 9 heteroatoms. The topological polar surface area (TPSA) is 95.3 Å². The highest BCUT2D eigenvalue weighted by Crippen LogP contribution is 2.31. The molecule has 0 saturated carbocycles. The number of rotatable bonds is 5. The van der Waals surface area contributed by atoms with E-state index >= 15 is 0 Å². The van der Waals surface area contributed by atoms with Gasteiger partial charge in [-0.3, -0.25) is 14.9 Å². The first-order valence-corrected chi connectivity index (χ1v) is 8.39. The van der Waals surface area contributed by atoms with Crippen molar-refractivity contribution in [1.29, 1.82) is 0 Å². The second kappa shape index (κ2) is 7.10. The molecule has 1 N–H and O–H groups in total. The minimum absolute atomic E-state index is 0.0278. The third-order valence-electron chi connectivity index (χ3n) is 3.70. The van der Waals surface area contributed by atoms with Gasteiger partial charge in [0.2, 0.25) is 10.6 Å². The number of aromatic nitrogens is 3. The first-order valence-electron chi connectivity index (χ1n) is 7.58. The van der Waals surface area contributed by atoms with Crippen LogP contribution in [0.15, 0.2) is 17.1 Å². The standard InChI is InChI=1S/C15H18N4O4S/c1-9-6-10(20)12(7-19(9)2)23-8-13(21)16-15-18-17-14(24-15)11-4-3-5-22-11/h6-7,11H,3-5,8H2,1-2H3,(H,16,18,21). The number of carbonyl (C=O) groups is 1. The fourth-order valence-corrected chi connectivity index (χ4v) is 3.14. The zero-order valence-electron chi connectivity index (χ0n) is 13.4. The van der Waals surface area contributed by atoms with Gasteiger partial charge in [-0.2, -0.15) is 0 Å². The summed E-state index contributed by atoms with van der Waals surface area (Å²) in [6.45, 7) is 2.28. The summed E-state index contributed by atoms with van der Waals surface area (Å²) >= 11 is 1.29. The number of ether oxygens (including phenoxy) is 2. The van der Waals surface area contributed by atoms with Gasteiger partial charge in [0.05, 0.1) is 0 Å². The number of hydrogen-bond donors (Lipinski definition) is 1. The minimum atomic E-state index is -0.396. The van der Waals surface area contributed by atoms with Crippen LogP contribution in [0.5, 0.6) is 5.75 Å². The second-order valence-corrected chi connectivity index (χ2v) is 6.55. The van der Waals surface area contributed by atoms with Gasteiger partial charge in [-0.05, 0) is 19.8 Å². The van der Waals surface area contributed by atoms with Crippen LogP contribution in [0.3, 0.4) is 0 Å². The molecule has 0 spiro atoms. The van der Waals surface area contributed by atoms with Gasteiger partial charge in [0.1, 0.15) is 11.1 Å². The maximum absolute atomic E-state index is 11.9. The Balaban J connectivity index is 1.56. The Labute approximate surface area is 142 Å². The normalized spacial score (nSPS) is 17.0. The van der Waals surface area contributed by atoms with E-state index in [2.05, 4.69) is 15.5 Å². The molecule has 2 aromatic heterocycles. The van der Waals surface area contributed by atoms with Crippen LogP contribution in [0.25, 0.3) is 0 Å². The van der Waals surface area contributed by atoms with E-state index in [-0.39, 0.29) is 23.9 Å². The predicted molar refractivity (Wildman–Crippen MR) is 88.4 cm³/mol. The summed E-state index contributed by atoms with van der Waals surface area (Å²) < 4.78 is 12.6. The molecule has 3 heterocycles. The molecule has 1 saturated heterocycles. The van der Waals surface area contributed by atoms with Gasteiger partial charge in [0.15, 0.2) is 12.4 Å². The highest BCUT2D eigenvalue weighted by molar-refractivity contribution is 7.15. The van der Waals surface area contributed by atoms with E-state index in [1.165, 1.54) is 17.4 Å². The molecule has 0 radical (unpaired) electrons. The number of aryl methyl sites for hydroxylation is 2. The average molecular weight is 350 g/mol. The Hall–Kier alpha value is -2.26. The lowest BCUT2D eigenvalue weighted by Gasteiger charge is -2.08. The summed E-state index contributed by atoms with van der Waals surface area (Å²) in [5.41, 5.74) is 0.558. The zero-order chi connectivity index (χ0) is 17.1. The molecule has 2 aromatic rings. The molecule has 128 valence electrons. The Morgan fingerprint density at radius 3 is 3.12 bits per heavy atom. The maximum Gasteiger partial charge on any atom is 0.264 e. The van der Waals surface area contributed by atoms with Crippen molar-refractivity contribution in [3.05, 3.63) is 33.2 Å². The Morgan fingerprint density at radius 2 is 2.38 bits per heavy atom. The van der Waals surface area contributed by atoms with E-state index in [0.29, 0.717) is 5.13 Å². The summed E-state index contributed by atoms with van der Waals surface area (Å²) in [6.07, 6.45) is 3.46. The fraction of sp³-hybridized carbons (Fsp3) is 0.467. The van der Waals surface area contributed by atoms with E-state index in [1.807, 2.05) is 6.92 Å². The molecular weight excluding hydrogens is 332 g/mol. The lowest BCUT2D eigenvalue weighted by atomic mass is 10.2. The first kappa shape index (κ1) is 16.6. The molecule has 1 aliphatic rings. The Bertz CT molecular complexity index is 795. The van der Waals surface area contributed by atoms with E-state index in [0.717, 1.165) is 30.2 Å². The molecular formula is C15H18N4O4S. The number of nitrogens with one attached hydrogen (secondary N) is 1. The molecule has 1 atom stereocenters. The van der Waals surface area contributed by atoms with Crippen LogP contribution in [0.1, 0.15) is 29.6 Å². The quantitative estimate of drug-likeness (QED) is 0.876. The molecule has 1 fully saturated rings. The van der Waals surface area contributed by atoms with Crippen molar-refractivity contribution in [2.45, 2.75) is 25.9 Å². The number of amides is 1. The Kier molecular flexibility index (Phi) is 4.91. The van der Waals surface area contributed by atoms with Gasteiger partial charge >= 0.3 is 0 Å². The SMILES string of the molecule is Cc1cc(=O)c(OCC(=O)Nc2nnc(C3CCCO3)s2)cn1C. The Morgan fingerprint density at radius 1 is 1.54 bits per heavy atom. The van der Waals surface area contributed by atoms with Crippen molar-refractivity contribution in [3.63, 3.8) is 0 Å². The monoisotopic (exact) mass is 350 g/mol. The van der Waals surface area contributed by atoms with Crippen LogP contribution in [0.4, 0.5) is 5.13 Å². The van der Waals surface area contributed by atoms with Crippen molar-refractivity contribution in [2.24, 2.45) is 7.05 Å². The van der Waals surface area contributed by atoms with E-state index in [9.17, 15) is 9.59 Å². The molecule has 1 amide bonds. The largest absolute Gasteiger partial charge is 0.478 e. The van der Waals surface area contributed by atoms with Crippen LogP contribution in [0, 0.1) is 6.92 Å². The molecule has 8 nitrogen and oxygen atoms in total. The number of anilines is 1.